The van der Waals surface area contributed by atoms with Gasteiger partial charge in [0.1, 0.15) is 5.60 Å². The lowest BCUT2D eigenvalue weighted by atomic mass is 9.81. The molecule has 1 aromatic carbocycles. The number of nitrogens with one attached hydrogen (secondary N) is 1. The van der Waals surface area contributed by atoms with Gasteiger partial charge in [0.2, 0.25) is 0 Å². The first-order valence-electron chi connectivity index (χ1n) is 8.54. The van der Waals surface area contributed by atoms with E-state index in [1.807, 2.05) is 20.8 Å². The van der Waals surface area contributed by atoms with E-state index in [9.17, 15) is 4.79 Å². The highest BCUT2D eigenvalue weighted by molar-refractivity contribution is 5.67. The van der Waals surface area contributed by atoms with Crippen LogP contribution in [0.2, 0.25) is 0 Å². The summed E-state index contributed by atoms with van der Waals surface area (Å²) in [6.45, 7) is 9.36. The van der Waals surface area contributed by atoms with E-state index < -0.39 is 5.60 Å². The number of carbonyl (C=O) groups excluding carboxylic acids is 1. The minimum Gasteiger partial charge on any atom is -0.444 e. The van der Waals surface area contributed by atoms with Crippen LogP contribution in [-0.2, 0) is 4.74 Å². The number of hydrogen-bond acceptors (Lipinski definition) is 3. The normalized spacial score (nSPS) is 20.7. The van der Waals surface area contributed by atoms with Crippen molar-refractivity contribution in [3.8, 4) is 0 Å². The zero-order valence-electron chi connectivity index (χ0n) is 15.1. The van der Waals surface area contributed by atoms with E-state index in [4.69, 9.17) is 4.74 Å². The summed E-state index contributed by atoms with van der Waals surface area (Å²) in [4.78, 5) is 13.6. The van der Waals surface area contributed by atoms with Crippen LogP contribution in [0.1, 0.15) is 63.6 Å². The van der Waals surface area contributed by atoms with Gasteiger partial charge >= 0.3 is 6.09 Å². The smallest absolute Gasteiger partial charge is 0.410 e. The molecule has 0 heterocycles. The SMILES string of the molecule is CC1CCC(NCCN(C)C(=O)OC(C)(C)C)c2ccccc21. The third-order valence-corrected chi connectivity index (χ3v) is 4.33. The van der Waals surface area contributed by atoms with Crippen LogP contribution in [0.15, 0.2) is 24.3 Å². The number of carbonyl (C=O) groups is 1. The Morgan fingerprint density at radius 3 is 2.57 bits per heavy atom. The number of fused-ring (bicyclic) bond motifs is 1. The monoisotopic (exact) mass is 318 g/mol. The van der Waals surface area contributed by atoms with E-state index in [-0.39, 0.29) is 6.09 Å². The first-order valence-corrected chi connectivity index (χ1v) is 8.54. The number of likely N-dealkylation sites (N-methyl/N-ethyl adjacent to an activating group) is 1. The molecular weight excluding hydrogens is 288 g/mol. The Kier molecular flexibility index (Phi) is 5.69. The molecule has 1 amide bonds. The first kappa shape index (κ1) is 17.8. The van der Waals surface area contributed by atoms with Gasteiger partial charge in [-0.2, -0.15) is 0 Å². The van der Waals surface area contributed by atoms with Crippen LogP contribution in [0.5, 0.6) is 0 Å². The Morgan fingerprint density at radius 1 is 1.26 bits per heavy atom. The Balaban J connectivity index is 1.85. The maximum Gasteiger partial charge on any atom is 0.410 e. The van der Waals surface area contributed by atoms with Crippen LogP contribution in [0.4, 0.5) is 4.79 Å². The third-order valence-electron chi connectivity index (χ3n) is 4.33. The molecule has 128 valence electrons. The molecule has 1 N–H and O–H groups in total. The second kappa shape index (κ2) is 7.35. The van der Waals surface area contributed by atoms with E-state index in [1.54, 1.807) is 11.9 Å². The van der Waals surface area contributed by atoms with Gasteiger partial charge in [0.05, 0.1) is 0 Å². The third kappa shape index (κ3) is 4.96. The highest BCUT2D eigenvalue weighted by Gasteiger charge is 2.24. The van der Waals surface area contributed by atoms with E-state index in [0.29, 0.717) is 18.5 Å². The van der Waals surface area contributed by atoms with Crippen molar-refractivity contribution in [2.24, 2.45) is 0 Å². The Hall–Kier alpha value is -1.55. The van der Waals surface area contributed by atoms with Crippen LogP contribution in [-0.4, -0.2) is 36.7 Å². The second-order valence-electron chi connectivity index (χ2n) is 7.52. The summed E-state index contributed by atoms with van der Waals surface area (Å²) in [6, 6.07) is 9.07. The summed E-state index contributed by atoms with van der Waals surface area (Å²) in [5.74, 6) is 0.633. The summed E-state index contributed by atoms with van der Waals surface area (Å²) in [5.41, 5.74) is 2.42. The average molecular weight is 318 g/mol. The predicted octanol–water partition coefficient (Wildman–Crippen LogP) is 4.08. The summed E-state index contributed by atoms with van der Waals surface area (Å²) < 4.78 is 5.37. The maximum atomic E-state index is 12.0. The summed E-state index contributed by atoms with van der Waals surface area (Å²) >= 11 is 0. The highest BCUT2D eigenvalue weighted by atomic mass is 16.6. The predicted molar refractivity (Wildman–Crippen MR) is 93.7 cm³/mol. The Bertz CT molecular complexity index is 536. The molecule has 1 aliphatic rings. The minimum atomic E-state index is -0.447. The highest BCUT2D eigenvalue weighted by Crippen LogP contribution is 2.36. The molecule has 2 atom stereocenters. The number of ether oxygens (including phenoxy) is 1. The molecule has 2 rings (SSSR count). The fourth-order valence-electron chi connectivity index (χ4n) is 3.05. The van der Waals surface area contributed by atoms with Crippen molar-refractivity contribution in [1.82, 2.24) is 10.2 Å². The maximum absolute atomic E-state index is 12.0. The van der Waals surface area contributed by atoms with Gasteiger partial charge < -0.3 is 15.0 Å². The van der Waals surface area contributed by atoms with Crippen molar-refractivity contribution in [2.45, 2.75) is 58.1 Å². The molecule has 23 heavy (non-hydrogen) atoms. The fourth-order valence-corrected chi connectivity index (χ4v) is 3.05. The van der Waals surface area contributed by atoms with Gasteiger partial charge in [-0.05, 0) is 50.7 Å². The van der Waals surface area contributed by atoms with Crippen molar-refractivity contribution >= 4 is 6.09 Å². The van der Waals surface area contributed by atoms with Gasteiger partial charge in [-0.1, -0.05) is 31.2 Å². The van der Waals surface area contributed by atoms with Crippen molar-refractivity contribution < 1.29 is 9.53 Å². The molecular formula is C19H30N2O2. The van der Waals surface area contributed by atoms with Gasteiger partial charge in [-0.15, -0.1) is 0 Å². The number of amides is 1. The van der Waals surface area contributed by atoms with Crippen LogP contribution in [0.25, 0.3) is 0 Å². The van der Waals surface area contributed by atoms with Gasteiger partial charge in [0.25, 0.3) is 0 Å². The molecule has 0 aromatic heterocycles. The van der Waals surface area contributed by atoms with Gasteiger partial charge in [0, 0.05) is 26.2 Å². The molecule has 0 radical (unpaired) electrons. The van der Waals surface area contributed by atoms with Crippen LogP contribution < -0.4 is 5.32 Å². The lowest BCUT2D eigenvalue weighted by Gasteiger charge is -2.31. The standard InChI is InChI=1S/C19H30N2O2/c1-14-10-11-17(16-9-7-6-8-15(14)16)20-12-13-21(5)18(22)23-19(2,3)4/h6-9,14,17,20H,10-13H2,1-5H3. The number of hydrogen-bond donors (Lipinski definition) is 1. The van der Waals surface area contributed by atoms with Crippen molar-refractivity contribution in [3.63, 3.8) is 0 Å². The molecule has 4 nitrogen and oxygen atoms in total. The fraction of sp³-hybridized carbons (Fsp3) is 0.632. The van der Waals surface area contributed by atoms with Crippen LogP contribution >= 0.6 is 0 Å². The van der Waals surface area contributed by atoms with E-state index >= 15 is 0 Å². The summed E-state index contributed by atoms with van der Waals surface area (Å²) in [7, 11) is 1.78. The molecule has 0 bridgehead atoms. The molecule has 1 aromatic rings. The summed E-state index contributed by atoms with van der Waals surface area (Å²) in [5, 5.41) is 3.60. The second-order valence-corrected chi connectivity index (χ2v) is 7.52. The molecule has 0 fully saturated rings. The van der Waals surface area contributed by atoms with E-state index in [1.165, 1.54) is 17.5 Å². The number of nitrogens with zero attached hydrogens (tertiary/aromatic N) is 1. The average Bonchev–Trinajstić information content (AvgIpc) is 2.48. The zero-order valence-corrected chi connectivity index (χ0v) is 15.1. The zero-order chi connectivity index (χ0) is 17.0. The molecule has 0 aliphatic heterocycles. The van der Waals surface area contributed by atoms with E-state index in [0.717, 1.165) is 13.0 Å². The Morgan fingerprint density at radius 2 is 1.91 bits per heavy atom. The quantitative estimate of drug-likeness (QED) is 0.909. The minimum absolute atomic E-state index is 0.267. The van der Waals surface area contributed by atoms with Crippen LogP contribution in [0, 0.1) is 0 Å². The van der Waals surface area contributed by atoms with Crippen molar-refractivity contribution in [2.75, 3.05) is 20.1 Å². The Labute approximate surface area is 140 Å². The van der Waals surface area contributed by atoms with Crippen molar-refractivity contribution in [1.29, 1.82) is 0 Å². The molecule has 0 saturated heterocycles. The lowest BCUT2D eigenvalue weighted by molar-refractivity contribution is 0.0299. The van der Waals surface area contributed by atoms with E-state index in [2.05, 4.69) is 36.5 Å². The van der Waals surface area contributed by atoms with Crippen LogP contribution in [0.3, 0.4) is 0 Å². The molecule has 4 heteroatoms. The molecule has 0 saturated carbocycles. The topological polar surface area (TPSA) is 41.6 Å². The lowest BCUT2D eigenvalue weighted by Crippen LogP contribution is -2.39. The van der Waals surface area contributed by atoms with Crippen molar-refractivity contribution in [3.05, 3.63) is 35.4 Å². The molecule has 2 unspecified atom stereocenters. The van der Waals surface area contributed by atoms with Gasteiger partial charge in [0.15, 0.2) is 0 Å². The molecule has 1 aliphatic carbocycles. The molecule has 0 spiro atoms. The number of rotatable bonds is 4. The largest absolute Gasteiger partial charge is 0.444 e. The number of benzene rings is 1. The summed E-state index contributed by atoms with van der Waals surface area (Å²) in [6.07, 6.45) is 2.09. The first-order chi connectivity index (χ1) is 10.8. The van der Waals surface area contributed by atoms with Gasteiger partial charge in [-0.25, -0.2) is 4.79 Å². The van der Waals surface area contributed by atoms with Gasteiger partial charge in [-0.3, -0.25) is 0 Å².